The fraction of sp³-hybridized carbons (Fsp3) is 0.524. The summed E-state index contributed by atoms with van der Waals surface area (Å²) in [6, 6.07) is 7.29. The van der Waals surface area contributed by atoms with Gasteiger partial charge in [-0.1, -0.05) is 19.1 Å². The average Bonchev–Trinajstić information content (AvgIpc) is 2.76. The first-order chi connectivity index (χ1) is 13.9. The third-order valence-corrected chi connectivity index (χ3v) is 4.40. The molecule has 0 amide bonds. The summed E-state index contributed by atoms with van der Waals surface area (Å²) < 4.78 is 20.1. The molecule has 0 unspecified atom stereocenters. The third-order valence-electron chi connectivity index (χ3n) is 4.40. The summed E-state index contributed by atoms with van der Waals surface area (Å²) in [4.78, 5) is 23.2. The van der Waals surface area contributed by atoms with Gasteiger partial charge in [0.25, 0.3) is 0 Å². The topological polar surface area (TPSA) is 112 Å². The highest BCUT2D eigenvalue weighted by molar-refractivity contribution is 5.89. The molecule has 0 saturated heterocycles. The Morgan fingerprint density at radius 3 is 2.21 bits per heavy atom. The van der Waals surface area contributed by atoms with Gasteiger partial charge < -0.3 is 29.2 Å². The second-order valence-electron chi connectivity index (χ2n) is 6.35. The molecular formula is C21H30O8. The van der Waals surface area contributed by atoms with Crippen LogP contribution in [0.2, 0.25) is 0 Å². The Morgan fingerprint density at radius 1 is 1.03 bits per heavy atom. The Kier molecular flexibility index (Phi) is 11.0. The van der Waals surface area contributed by atoms with E-state index in [1.807, 2.05) is 19.1 Å². The maximum Gasteiger partial charge on any atom is 0.333 e. The summed E-state index contributed by atoms with van der Waals surface area (Å²) >= 11 is 0. The molecule has 8 heteroatoms. The van der Waals surface area contributed by atoms with Crippen LogP contribution in [0.15, 0.2) is 35.9 Å². The van der Waals surface area contributed by atoms with Crippen molar-refractivity contribution in [1.82, 2.24) is 0 Å². The van der Waals surface area contributed by atoms with Gasteiger partial charge >= 0.3 is 11.9 Å². The molecule has 1 aromatic rings. The van der Waals surface area contributed by atoms with Crippen molar-refractivity contribution in [3.63, 3.8) is 0 Å². The normalized spacial score (nSPS) is 14.6. The van der Waals surface area contributed by atoms with Crippen molar-refractivity contribution < 1.29 is 38.7 Å². The van der Waals surface area contributed by atoms with E-state index in [0.29, 0.717) is 6.42 Å². The Labute approximate surface area is 171 Å². The standard InChI is InChI=1S/C21H30O8/c1-5-18(29-13-14-6-9-16(26-2)10-7-14)20(24)17(22)12-15(21(25)28-4)8-11-19(23)27-3/h6-7,9-10,12,17-18,20,22,24H,5,8,11,13H2,1-4H3/b15-12-/t17-,18-,20-/m0/s1. The van der Waals surface area contributed by atoms with Crippen LogP contribution in [0.25, 0.3) is 0 Å². The van der Waals surface area contributed by atoms with Crippen molar-refractivity contribution in [3.8, 4) is 5.75 Å². The number of aliphatic hydroxyl groups excluding tert-OH is 2. The molecule has 0 aromatic heterocycles. The fourth-order valence-corrected chi connectivity index (χ4v) is 2.63. The van der Waals surface area contributed by atoms with E-state index in [-0.39, 0.29) is 25.0 Å². The van der Waals surface area contributed by atoms with Crippen molar-refractivity contribution in [2.45, 2.75) is 51.1 Å². The van der Waals surface area contributed by atoms with Crippen LogP contribution >= 0.6 is 0 Å². The maximum absolute atomic E-state index is 11.9. The second-order valence-corrected chi connectivity index (χ2v) is 6.35. The minimum Gasteiger partial charge on any atom is -0.497 e. The molecule has 8 nitrogen and oxygen atoms in total. The summed E-state index contributed by atoms with van der Waals surface area (Å²) in [6.07, 6.45) is -1.70. The Balaban J connectivity index is 2.77. The van der Waals surface area contributed by atoms with Gasteiger partial charge in [0, 0.05) is 12.0 Å². The first-order valence-corrected chi connectivity index (χ1v) is 9.32. The van der Waals surface area contributed by atoms with Crippen molar-refractivity contribution in [2.75, 3.05) is 21.3 Å². The van der Waals surface area contributed by atoms with Crippen LogP contribution in [0.5, 0.6) is 5.75 Å². The lowest BCUT2D eigenvalue weighted by Crippen LogP contribution is -2.38. The fourth-order valence-electron chi connectivity index (χ4n) is 2.63. The molecular weight excluding hydrogens is 380 g/mol. The summed E-state index contributed by atoms with van der Waals surface area (Å²) in [5.74, 6) is -0.458. The van der Waals surface area contributed by atoms with Crippen molar-refractivity contribution in [1.29, 1.82) is 0 Å². The van der Waals surface area contributed by atoms with Gasteiger partial charge in [0.05, 0.1) is 34.0 Å². The van der Waals surface area contributed by atoms with Gasteiger partial charge in [-0.2, -0.15) is 0 Å². The summed E-state index contributed by atoms with van der Waals surface area (Å²) in [5.41, 5.74) is 0.962. The Bertz CT molecular complexity index is 668. The molecule has 29 heavy (non-hydrogen) atoms. The van der Waals surface area contributed by atoms with Crippen LogP contribution in [0.3, 0.4) is 0 Å². The second kappa shape index (κ2) is 12.9. The lowest BCUT2D eigenvalue weighted by atomic mass is 10.0. The molecule has 3 atom stereocenters. The van der Waals surface area contributed by atoms with Gasteiger partial charge in [-0.25, -0.2) is 4.79 Å². The summed E-state index contributed by atoms with van der Waals surface area (Å²) in [6.45, 7) is 2.05. The predicted molar refractivity (Wildman–Crippen MR) is 105 cm³/mol. The molecule has 0 heterocycles. The van der Waals surface area contributed by atoms with Crippen LogP contribution in [0.4, 0.5) is 0 Å². The van der Waals surface area contributed by atoms with E-state index in [1.165, 1.54) is 20.3 Å². The van der Waals surface area contributed by atoms with E-state index in [4.69, 9.17) is 9.47 Å². The smallest absolute Gasteiger partial charge is 0.333 e. The molecule has 2 N–H and O–H groups in total. The SMILES string of the molecule is CC[C@H](OCc1ccc(OC)cc1)[C@@H](O)[C@@H](O)/C=C(/CCC(=O)OC)C(=O)OC. The first-order valence-electron chi connectivity index (χ1n) is 9.32. The van der Waals surface area contributed by atoms with Crippen LogP contribution < -0.4 is 4.74 Å². The zero-order valence-corrected chi connectivity index (χ0v) is 17.3. The van der Waals surface area contributed by atoms with E-state index >= 15 is 0 Å². The number of carbonyl (C=O) groups excluding carboxylic acids is 2. The lowest BCUT2D eigenvalue weighted by Gasteiger charge is -2.25. The average molecular weight is 410 g/mol. The monoisotopic (exact) mass is 410 g/mol. The number of esters is 2. The number of aliphatic hydroxyl groups is 2. The minimum atomic E-state index is -1.37. The van der Waals surface area contributed by atoms with Gasteiger partial charge in [0.1, 0.15) is 18.0 Å². The van der Waals surface area contributed by atoms with Crippen molar-refractivity contribution in [3.05, 3.63) is 41.5 Å². The van der Waals surface area contributed by atoms with Crippen molar-refractivity contribution >= 4 is 11.9 Å². The van der Waals surface area contributed by atoms with E-state index in [9.17, 15) is 19.8 Å². The zero-order chi connectivity index (χ0) is 21.8. The molecule has 0 aliphatic carbocycles. The Hall–Kier alpha value is -2.42. The predicted octanol–water partition coefficient (Wildman–Crippen LogP) is 1.76. The lowest BCUT2D eigenvalue weighted by molar-refractivity contribution is -0.140. The molecule has 0 bridgehead atoms. The van der Waals surface area contributed by atoms with E-state index in [0.717, 1.165) is 11.3 Å². The van der Waals surface area contributed by atoms with Gasteiger partial charge in [-0.3, -0.25) is 4.79 Å². The molecule has 0 saturated carbocycles. The quantitative estimate of drug-likeness (QED) is 0.396. The van der Waals surface area contributed by atoms with Crippen LogP contribution in [-0.4, -0.2) is 61.8 Å². The number of methoxy groups -OCH3 is 3. The third kappa shape index (κ3) is 8.23. The molecule has 0 aliphatic rings. The number of benzene rings is 1. The molecule has 0 spiro atoms. The number of rotatable bonds is 12. The van der Waals surface area contributed by atoms with Gasteiger partial charge in [0.2, 0.25) is 0 Å². The van der Waals surface area contributed by atoms with Crippen LogP contribution in [-0.2, 0) is 30.4 Å². The zero-order valence-electron chi connectivity index (χ0n) is 17.3. The van der Waals surface area contributed by atoms with Gasteiger partial charge in [-0.15, -0.1) is 0 Å². The number of carbonyl (C=O) groups is 2. The highest BCUT2D eigenvalue weighted by Crippen LogP contribution is 2.17. The van der Waals surface area contributed by atoms with Gasteiger partial charge in [0.15, 0.2) is 0 Å². The van der Waals surface area contributed by atoms with E-state index in [2.05, 4.69) is 9.47 Å². The molecule has 0 fully saturated rings. The molecule has 1 aromatic carbocycles. The molecule has 0 radical (unpaired) electrons. The maximum atomic E-state index is 11.9. The summed E-state index contributed by atoms with van der Waals surface area (Å²) in [7, 11) is 4.02. The number of hydrogen-bond donors (Lipinski definition) is 2. The largest absolute Gasteiger partial charge is 0.497 e. The van der Waals surface area contributed by atoms with Crippen molar-refractivity contribution in [2.24, 2.45) is 0 Å². The molecule has 1 rings (SSSR count). The number of ether oxygens (including phenoxy) is 4. The summed E-state index contributed by atoms with van der Waals surface area (Å²) in [5, 5.41) is 20.9. The Morgan fingerprint density at radius 2 is 1.69 bits per heavy atom. The van der Waals surface area contributed by atoms with Crippen LogP contribution in [0.1, 0.15) is 31.7 Å². The molecule has 0 aliphatic heterocycles. The number of hydrogen-bond acceptors (Lipinski definition) is 8. The van der Waals surface area contributed by atoms with Crippen LogP contribution in [0, 0.1) is 0 Å². The van der Waals surface area contributed by atoms with Gasteiger partial charge in [-0.05, 0) is 36.6 Å². The molecule has 162 valence electrons. The first kappa shape index (κ1) is 24.6. The van der Waals surface area contributed by atoms with E-state index in [1.54, 1.807) is 19.2 Å². The van der Waals surface area contributed by atoms with E-state index < -0.39 is 30.3 Å². The highest BCUT2D eigenvalue weighted by atomic mass is 16.5. The highest BCUT2D eigenvalue weighted by Gasteiger charge is 2.26. The minimum absolute atomic E-state index is 0.0205.